The summed E-state index contributed by atoms with van der Waals surface area (Å²) in [4.78, 5) is 8.15. The van der Waals surface area contributed by atoms with E-state index in [0.29, 0.717) is 11.7 Å². The summed E-state index contributed by atoms with van der Waals surface area (Å²) in [5.74, 6) is 0. The summed E-state index contributed by atoms with van der Waals surface area (Å²) in [7, 11) is 0. The van der Waals surface area contributed by atoms with Gasteiger partial charge in [0.1, 0.15) is 5.15 Å². The van der Waals surface area contributed by atoms with Gasteiger partial charge in [-0.15, -0.1) is 0 Å². The average Bonchev–Trinajstić information content (AvgIpc) is 2.29. The van der Waals surface area contributed by atoms with E-state index in [1.807, 2.05) is 24.3 Å². The van der Waals surface area contributed by atoms with Crippen molar-refractivity contribution in [1.82, 2.24) is 9.97 Å². The molecule has 0 aliphatic heterocycles. The highest BCUT2D eigenvalue weighted by molar-refractivity contribution is 6.29. The number of nitrogens with zero attached hydrogens (tertiary/aromatic N) is 2. The van der Waals surface area contributed by atoms with E-state index in [4.69, 9.17) is 17.3 Å². The highest BCUT2D eigenvalue weighted by Gasteiger charge is 2.00. The van der Waals surface area contributed by atoms with Crippen LogP contribution < -0.4 is 5.73 Å². The first-order valence-electron chi connectivity index (χ1n) is 4.56. The van der Waals surface area contributed by atoms with Gasteiger partial charge in [-0.25, -0.2) is 4.98 Å². The largest absolute Gasteiger partial charge is 0.326 e. The molecule has 0 radical (unpaired) electrons. The molecule has 2 N–H and O–H groups in total. The minimum Gasteiger partial charge on any atom is -0.326 e. The lowest BCUT2D eigenvalue weighted by Crippen LogP contribution is -1.95. The highest BCUT2D eigenvalue weighted by Crippen LogP contribution is 2.18. The summed E-state index contributed by atoms with van der Waals surface area (Å²) in [6.45, 7) is 0.543. The molecule has 0 amide bonds. The minimum atomic E-state index is 0.399. The second-order valence-electron chi connectivity index (χ2n) is 3.13. The van der Waals surface area contributed by atoms with Crippen molar-refractivity contribution >= 4 is 11.6 Å². The average molecular weight is 220 g/mol. The number of nitrogens with two attached hydrogens (primary N) is 1. The van der Waals surface area contributed by atoms with E-state index in [9.17, 15) is 0 Å². The number of hydrogen-bond acceptors (Lipinski definition) is 3. The maximum absolute atomic E-state index is 5.76. The number of aromatic nitrogens is 2. The lowest BCUT2D eigenvalue weighted by atomic mass is 10.1. The van der Waals surface area contributed by atoms with Crippen molar-refractivity contribution in [2.24, 2.45) is 5.73 Å². The van der Waals surface area contributed by atoms with Crippen LogP contribution in [0, 0.1) is 0 Å². The van der Waals surface area contributed by atoms with Crippen LogP contribution in [-0.4, -0.2) is 9.97 Å². The standard InChI is InChI=1S/C11H10ClN3/c12-11-7-14-6-10(15-11)9-3-1-8(5-13)2-4-9/h1-4,6-7H,5,13H2. The van der Waals surface area contributed by atoms with Gasteiger partial charge in [0.2, 0.25) is 0 Å². The molecule has 3 nitrogen and oxygen atoms in total. The van der Waals surface area contributed by atoms with Gasteiger partial charge < -0.3 is 5.73 Å². The van der Waals surface area contributed by atoms with Gasteiger partial charge in [0.15, 0.2) is 0 Å². The van der Waals surface area contributed by atoms with Crippen LogP contribution >= 0.6 is 11.6 Å². The molecule has 0 saturated heterocycles. The lowest BCUT2D eigenvalue weighted by Gasteiger charge is -2.01. The number of halogens is 1. The summed E-state index contributed by atoms with van der Waals surface area (Å²) in [6.07, 6.45) is 3.20. The molecule has 2 aromatic rings. The highest BCUT2D eigenvalue weighted by atomic mass is 35.5. The molecule has 1 heterocycles. The molecule has 2 rings (SSSR count). The van der Waals surface area contributed by atoms with Gasteiger partial charge >= 0.3 is 0 Å². The third kappa shape index (κ3) is 2.32. The van der Waals surface area contributed by atoms with Crippen LogP contribution in [0.4, 0.5) is 0 Å². The number of hydrogen-bond donors (Lipinski definition) is 1. The van der Waals surface area contributed by atoms with Crippen molar-refractivity contribution in [3.05, 3.63) is 47.4 Å². The van der Waals surface area contributed by atoms with Crippen LogP contribution in [-0.2, 0) is 6.54 Å². The van der Waals surface area contributed by atoms with E-state index in [0.717, 1.165) is 16.8 Å². The Balaban J connectivity index is 2.37. The third-order valence-electron chi connectivity index (χ3n) is 2.09. The monoisotopic (exact) mass is 219 g/mol. The van der Waals surface area contributed by atoms with Gasteiger partial charge in [0, 0.05) is 12.1 Å². The minimum absolute atomic E-state index is 0.399. The zero-order valence-electron chi connectivity index (χ0n) is 8.02. The van der Waals surface area contributed by atoms with Crippen LogP contribution in [0.15, 0.2) is 36.7 Å². The van der Waals surface area contributed by atoms with Crippen LogP contribution in [0.25, 0.3) is 11.3 Å². The van der Waals surface area contributed by atoms with Gasteiger partial charge in [0.05, 0.1) is 18.1 Å². The Morgan fingerprint density at radius 2 is 1.87 bits per heavy atom. The lowest BCUT2D eigenvalue weighted by molar-refractivity contribution is 1.07. The van der Waals surface area contributed by atoms with Gasteiger partial charge in [-0.05, 0) is 5.56 Å². The van der Waals surface area contributed by atoms with Crippen LogP contribution in [0.3, 0.4) is 0 Å². The summed E-state index contributed by atoms with van der Waals surface area (Å²) in [5, 5.41) is 0.399. The molecule has 0 unspecified atom stereocenters. The van der Waals surface area contributed by atoms with E-state index in [1.165, 1.54) is 6.20 Å². The Labute approximate surface area is 92.9 Å². The van der Waals surface area contributed by atoms with E-state index < -0.39 is 0 Å². The molecule has 15 heavy (non-hydrogen) atoms. The van der Waals surface area contributed by atoms with E-state index in [2.05, 4.69) is 9.97 Å². The van der Waals surface area contributed by atoms with Crippen molar-refractivity contribution in [3.8, 4) is 11.3 Å². The van der Waals surface area contributed by atoms with Crippen LogP contribution in [0.1, 0.15) is 5.56 Å². The first-order valence-corrected chi connectivity index (χ1v) is 4.94. The van der Waals surface area contributed by atoms with Crippen molar-refractivity contribution in [3.63, 3.8) is 0 Å². The summed E-state index contributed by atoms with van der Waals surface area (Å²) < 4.78 is 0. The summed E-state index contributed by atoms with van der Waals surface area (Å²) in [5.41, 5.74) is 8.36. The van der Waals surface area contributed by atoms with Crippen molar-refractivity contribution < 1.29 is 0 Å². The molecule has 0 fully saturated rings. The maximum atomic E-state index is 5.76. The fraction of sp³-hybridized carbons (Fsp3) is 0.0909. The van der Waals surface area contributed by atoms with Crippen molar-refractivity contribution in [2.45, 2.75) is 6.54 Å². The van der Waals surface area contributed by atoms with Crippen molar-refractivity contribution in [1.29, 1.82) is 0 Å². The predicted octanol–water partition coefficient (Wildman–Crippen LogP) is 2.26. The molecule has 76 valence electrons. The molecule has 0 spiro atoms. The second-order valence-corrected chi connectivity index (χ2v) is 3.52. The molecule has 1 aromatic carbocycles. The topological polar surface area (TPSA) is 51.8 Å². The Morgan fingerprint density at radius 1 is 1.13 bits per heavy atom. The molecule has 0 aliphatic carbocycles. The Kier molecular flexibility index (Phi) is 2.94. The van der Waals surface area contributed by atoms with Crippen LogP contribution in [0.2, 0.25) is 5.15 Å². The van der Waals surface area contributed by atoms with E-state index in [-0.39, 0.29) is 0 Å². The Morgan fingerprint density at radius 3 is 2.47 bits per heavy atom. The molecule has 0 bridgehead atoms. The quantitative estimate of drug-likeness (QED) is 0.843. The first kappa shape index (κ1) is 10.1. The van der Waals surface area contributed by atoms with Gasteiger partial charge in [-0.2, -0.15) is 0 Å². The molecule has 0 atom stereocenters. The van der Waals surface area contributed by atoms with Crippen molar-refractivity contribution in [2.75, 3.05) is 0 Å². The first-order chi connectivity index (χ1) is 7.29. The fourth-order valence-electron chi connectivity index (χ4n) is 1.29. The van der Waals surface area contributed by atoms with Crippen LogP contribution in [0.5, 0.6) is 0 Å². The molecule has 4 heteroatoms. The smallest absolute Gasteiger partial charge is 0.148 e. The Bertz CT molecular complexity index is 454. The number of rotatable bonds is 2. The summed E-state index contributed by atoms with van der Waals surface area (Å²) in [6, 6.07) is 7.86. The number of benzene rings is 1. The fourth-order valence-corrected chi connectivity index (χ4v) is 1.44. The SMILES string of the molecule is NCc1ccc(-c2cncc(Cl)n2)cc1. The molecule has 1 aromatic heterocycles. The predicted molar refractivity (Wildman–Crippen MR) is 60.4 cm³/mol. The van der Waals surface area contributed by atoms with E-state index >= 15 is 0 Å². The normalized spacial score (nSPS) is 10.3. The molecular weight excluding hydrogens is 210 g/mol. The second kappa shape index (κ2) is 4.38. The molecular formula is C11H10ClN3. The van der Waals surface area contributed by atoms with E-state index in [1.54, 1.807) is 6.20 Å². The van der Waals surface area contributed by atoms with Gasteiger partial charge in [-0.1, -0.05) is 35.9 Å². The zero-order valence-corrected chi connectivity index (χ0v) is 8.78. The molecule has 0 aliphatic rings. The Hall–Kier alpha value is -1.45. The van der Waals surface area contributed by atoms with Gasteiger partial charge in [-0.3, -0.25) is 4.98 Å². The zero-order chi connectivity index (χ0) is 10.7. The van der Waals surface area contributed by atoms with Gasteiger partial charge in [0.25, 0.3) is 0 Å². The third-order valence-corrected chi connectivity index (χ3v) is 2.27. The maximum Gasteiger partial charge on any atom is 0.148 e. The summed E-state index contributed by atoms with van der Waals surface area (Å²) >= 11 is 5.76. The molecule has 0 saturated carbocycles.